The highest BCUT2D eigenvalue weighted by molar-refractivity contribution is 7.92. The van der Waals surface area contributed by atoms with Crippen LogP contribution in [0, 0.1) is 6.92 Å². The van der Waals surface area contributed by atoms with Crippen molar-refractivity contribution in [3.05, 3.63) is 119 Å². The van der Waals surface area contributed by atoms with Gasteiger partial charge in [-0.2, -0.15) is 0 Å². The van der Waals surface area contributed by atoms with Gasteiger partial charge in [-0.1, -0.05) is 42.5 Å². The van der Waals surface area contributed by atoms with Crippen LogP contribution in [0.5, 0.6) is 5.75 Å². The van der Waals surface area contributed by atoms with E-state index in [1.165, 1.54) is 23.5 Å². The third-order valence-corrected chi connectivity index (χ3v) is 7.99. The monoisotopic (exact) mass is 558 g/mol. The van der Waals surface area contributed by atoms with E-state index < -0.39 is 21.9 Å². The van der Waals surface area contributed by atoms with Crippen molar-refractivity contribution in [3.63, 3.8) is 0 Å². The molecular weight excluding hydrogens is 528 g/mol. The van der Waals surface area contributed by atoms with Crippen molar-refractivity contribution in [2.45, 2.75) is 25.3 Å². The van der Waals surface area contributed by atoms with Crippen LogP contribution >= 0.6 is 0 Å². The number of nitrogens with one attached hydrogen (secondary N) is 1. The Labute approximate surface area is 234 Å². The maximum atomic E-state index is 14.0. The lowest BCUT2D eigenvalue weighted by Gasteiger charge is -2.27. The molecule has 1 amide bonds. The first kappa shape index (κ1) is 28.4. The Balaban J connectivity index is 1.73. The van der Waals surface area contributed by atoms with Crippen LogP contribution in [0.4, 0.5) is 11.4 Å². The summed E-state index contributed by atoms with van der Waals surface area (Å²) in [6.45, 7) is 3.76. The summed E-state index contributed by atoms with van der Waals surface area (Å²) >= 11 is 0. The highest BCUT2D eigenvalue weighted by Gasteiger charge is 2.29. The molecule has 0 fully saturated rings. The number of anilines is 2. The highest BCUT2D eigenvalue weighted by atomic mass is 32.2. The third-order valence-electron chi connectivity index (χ3n) is 6.22. The normalized spacial score (nSPS) is 11.0. The predicted molar refractivity (Wildman–Crippen MR) is 154 cm³/mol. The third kappa shape index (κ3) is 6.32. The number of aryl methyl sites for hydroxylation is 1. The van der Waals surface area contributed by atoms with Crippen LogP contribution in [0.15, 0.2) is 102 Å². The first-order valence-corrected chi connectivity index (χ1v) is 14.1. The largest absolute Gasteiger partial charge is 0.497 e. The summed E-state index contributed by atoms with van der Waals surface area (Å²) in [7, 11) is -2.58. The van der Waals surface area contributed by atoms with Crippen LogP contribution in [0.2, 0.25) is 0 Å². The first-order valence-electron chi connectivity index (χ1n) is 12.6. The minimum absolute atomic E-state index is 0.00671. The van der Waals surface area contributed by atoms with Gasteiger partial charge in [0.2, 0.25) is 0 Å². The summed E-state index contributed by atoms with van der Waals surface area (Å²) in [5.41, 5.74) is 2.66. The lowest BCUT2D eigenvalue weighted by atomic mass is 10.1. The summed E-state index contributed by atoms with van der Waals surface area (Å²) in [6, 6.07) is 26.6. The van der Waals surface area contributed by atoms with Crippen molar-refractivity contribution in [1.29, 1.82) is 0 Å². The molecule has 0 aliphatic carbocycles. The van der Waals surface area contributed by atoms with Gasteiger partial charge in [-0.15, -0.1) is 0 Å². The lowest BCUT2D eigenvalue weighted by molar-refractivity contribution is 0.0526. The topological polar surface area (TPSA) is 102 Å². The molecule has 0 heterocycles. The molecule has 0 bridgehead atoms. The molecule has 0 saturated carbocycles. The standard InChI is InChI=1S/C31H30N2O6S/c1-4-39-31(35)24-14-19-28(22(2)20-24)32-30(34)27-12-8-9-13-29(27)33(21-23-10-6-5-7-11-23)40(36,37)26-17-15-25(38-3)16-18-26/h5-20H,4,21H2,1-3H3,(H,32,34). The molecule has 0 aliphatic rings. The minimum Gasteiger partial charge on any atom is -0.497 e. The van der Waals surface area contributed by atoms with E-state index >= 15 is 0 Å². The number of carbonyl (C=O) groups excluding carboxylic acids is 2. The number of para-hydroxylation sites is 1. The molecular formula is C31H30N2O6S. The van der Waals surface area contributed by atoms with Gasteiger partial charge in [-0.25, -0.2) is 13.2 Å². The van der Waals surface area contributed by atoms with Crippen LogP contribution in [-0.4, -0.2) is 34.0 Å². The molecule has 0 saturated heterocycles. The summed E-state index contributed by atoms with van der Waals surface area (Å²) in [5, 5.41) is 2.86. The Morgan fingerprint density at radius 1 is 0.875 bits per heavy atom. The number of amides is 1. The Kier molecular flexibility index (Phi) is 8.86. The van der Waals surface area contributed by atoms with Crippen molar-refractivity contribution in [1.82, 2.24) is 0 Å². The van der Waals surface area contributed by atoms with Crippen LogP contribution in [0.3, 0.4) is 0 Å². The number of esters is 1. The number of hydrogen-bond acceptors (Lipinski definition) is 6. The Morgan fingerprint density at radius 2 is 1.55 bits per heavy atom. The maximum Gasteiger partial charge on any atom is 0.338 e. The molecule has 0 radical (unpaired) electrons. The summed E-state index contributed by atoms with van der Waals surface area (Å²) < 4.78 is 39.4. The van der Waals surface area contributed by atoms with Crippen molar-refractivity contribution in [3.8, 4) is 5.75 Å². The van der Waals surface area contributed by atoms with Crippen LogP contribution in [-0.2, 0) is 21.3 Å². The minimum atomic E-state index is -4.09. The molecule has 4 rings (SSSR count). The number of benzene rings is 4. The SMILES string of the molecule is CCOC(=O)c1ccc(NC(=O)c2ccccc2N(Cc2ccccc2)S(=O)(=O)c2ccc(OC)cc2)c(C)c1. The zero-order valence-corrected chi connectivity index (χ0v) is 23.3. The number of rotatable bonds is 10. The lowest BCUT2D eigenvalue weighted by Crippen LogP contribution is -2.32. The fourth-order valence-electron chi connectivity index (χ4n) is 4.14. The zero-order valence-electron chi connectivity index (χ0n) is 22.5. The first-order chi connectivity index (χ1) is 19.2. The highest BCUT2D eigenvalue weighted by Crippen LogP contribution is 2.31. The van der Waals surface area contributed by atoms with Crippen molar-refractivity contribution >= 4 is 33.3 Å². The fraction of sp³-hybridized carbons (Fsp3) is 0.161. The number of methoxy groups -OCH3 is 1. The molecule has 9 heteroatoms. The molecule has 0 aliphatic heterocycles. The molecule has 4 aromatic rings. The Hall–Kier alpha value is -4.63. The number of hydrogen-bond donors (Lipinski definition) is 1. The van der Waals surface area contributed by atoms with Gasteiger partial charge in [0.15, 0.2) is 0 Å². The van der Waals surface area contributed by atoms with E-state index in [0.29, 0.717) is 22.6 Å². The Morgan fingerprint density at radius 3 is 2.20 bits per heavy atom. The van der Waals surface area contributed by atoms with Gasteiger partial charge >= 0.3 is 5.97 Å². The second-order valence-electron chi connectivity index (χ2n) is 8.89. The van der Waals surface area contributed by atoms with Gasteiger partial charge in [0, 0.05) is 5.69 Å². The van der Waals surface area contributed by atoms with Gasteiger partial charge < -0.3 is 14.8 Å². The number of nitrogens with zero attached hydrogens (tertiary/aromatic N) is 1. The van der Waals surface area contributed by atoms with E-state index in [0.717, 1.165) is 5.56 Å². The predicted octanol–water partition coefficient (Wildman–Crippen LogP) is 5.83. The molecule has 40 heavy (non-hydrogen) atoms. The quantitative estimate of drug-likeness (QED) is 0.246. The van der Waals surface area contributed by atoms with Crippen LogP contribution < -0.4 is 14.4 Å². The summed E-state index contributed by atoms with van der Waals surface area (Å²) in [4.78, 5) is 25.7. The zero-order chi connectivity index (χ0) is 28.7. The van der Waals surface area contributed by atoms with Gasteiger partial charge in [0.25, 0.3) is 15.9 Å². The molecule has 4 aromatic carbocycles. The van der Waals surface area contributed by atoms with E-state index in [1.54, 1.807) is 68.4 Å². The Bertz CT molecular complexity index is 1600. The number of ether oxygens (including phenoxy) is 2. The van der Waals surface area contributed by atoms with Gasteiger partial charge in [0.1, 0.15) is 5.75 Å². The van der Waals surface area contributed by atoms with Crippen molar-refractivity contribution in [2.75, 3.05) is 23.3 Å². The second kappa shape index (κ2) is 12.5. The molecule has 0 atom stereocenters. The van der Waals surface area contributed by atoms with Crippen molar-refractivity contribution in [2.24, 2.45) is 0 Å². The molecule has 206 valence electrons. The van der Waals surface area contributed by atoms with E-state index in [4.69, 9.17) is 9.47 Å². The van der Waals surface area contributed by atoms with Gasteiger partial charge in [-0.05, 0) is 79.6 Å². The molecule has 0 aromatic heterocycles. The van der Waals surface area contributed by atoms with Gasteiger partial charge in [0.05, 0.1) is 42.0 Å². The number of carbonyl (C=O) groups is 2. The van der Waals surface area contributed by atoms with Crippen LogP contribution in [0.1, 0.15) is 38.8 Å². The molecule has 1 N–H and O–H groups in total. The van der Waals surface area contributed by atoms with Crippen LogP contribution in [0.25, 0.3) is 0 Å². The average Bonchev–Trinajstić information content (AvgIpc) is 2.97. The fourth-order valence-corrected chi connectivity index (χ4v) is 5.61. The molecule has 8 nitrogen and oxygen atoms in total. The van der Waals surface area contributed by atoms with E-state index in [9.17, 15) is 18.0 Å². The van der Waals surface area contributed by atoms with E-state index in [-0.39, 0.29) is 29.3 Å². The smallest absolute Gasteiger partial charge is 0.338 e. The van der Waals surface area contributed by atoms with E-state index in [1.807, 2.05) is 30.3 Å². The molecule has 0 spiro atoms. The van der Waals surface area contributed by atoms with Crippen molar-refractivity contribution < 1.29 is 27.5 Å². The summed E-state index contributed by atoms with van der Waals surface area (Å²) in [5.74, 6) is -0.419. The molecule has 0 unspecified atom stereocenters. The summed E-state index contributed by atoms with van der Waals surface area (Å²) in [6.07, 6.45) is 0. The second-order valence-corrected chi connectivity index (χ2v) is 10.8. The number of sulfonamides is 1. The maximum absolute atomic E-state index is 14.0. The van der Waals surface area contributed by atoms with Gasteiger partial charge in [-0.3, -0.25) is 9.10 Å². The average molecular weight is 559 g/mol. The van der Waals surface area contributed by atoms with E-state index in [2.05, 4.69) is 5.32 Å².